The summed E-state index contributed by atoms with van der Waals surface area (Å²) >= 11 is 0. The Bertz CT molecular complexity index is 476. The number of hydrogen-bond acceptors (Lipinski definition) is 4. The van der Waals surface area contributed by atoms with Crippen LogP contribution in [0.1, 0.15) is 70.6 Å². The molecule has 3 N–H and O–H groups in total. The Morgan fingerprint density at radius 1 is 1.21 bits per heavy atom. The highest BCUT2D eigenvalue weighted by atomic mass is 16.2. The van der Waals surface area contributed by atoms with E-state index in [1.165, 1.54) is 57.8 Å². The van der Waals surface area contributed by atoms with Crippen molar-refractivity contribution < 1.29 is 4.79 Å². The Morgan fingerprint density at radius 2 is 1.88 bits per heavy atom. The van der Waals surface area contributed by atoms with E-state index >= 15 is 0 Å². The van der Waals surface area contributed by atoms with Gasteiger partial charge in [-0.1, -0.05) is 44.9 Å². The highest BCUT2D eigenvalue weighted by Gasteiger charge is 2.43. The van der Waals surface area contributed by atoms with Crippen molar-refractivity contribution in [3.8, 4) is 6.07 Å². The third-order valence-electron chi connectivity index (χ3n) is 6.37. The molecule has 134 valence electrons. The van der Waals surface area contributed by atoms with Crippen LogP contribution in [0.15, 0.2) is 0 Å². The predicted molar refractivity (Wildman–Crippen MR) is 94.1 cm³/mol. The smallest absolute Gasteiger partial charge is 0.238 e. The molecule has 1 saturated heterocycles. The molecule has 2 unspecified atom stereocenters. The van der Waals surface area contributed by atoms with Crippen molar-refractivity contribution in [3.63, 3.8) is 0 Å². The summed E-state index contributed by atoms with van der Waals surface area (Å²) < 4.78 is 0. The second-order valence-corrected chi connectivity index (χ2v) is 8.19. The third kappa shape index (κ3) is 4.10. The topological polar surface area (TPSA) is 82.1 Å². The standard InChI is InChI=1S/C19H32N4O/c20-13-19(10-11-23(14-19)16-8-4-5-9-16)22-18(24)17(21)12-15-6-2-1-3-7-15/h15-17H,1-12,14,21H2,(H,22,24). The van der Waals surface area contributed by atoms with Crippen LogP contribution < -0.4 is 11.1 Å². The van der Waals surface area contributed by atoms with E-state index in [2.05, 4.69) is 16.3 Å². The number of nitriles is 1. The first kappa shape index (κ1) is 17.7. The number of rotatable bonds is 5. The van der Waals surface area contributed by atoms with Crippen molar-refractivity contribution in [1.29, 1.82) is 5.26 Å². The van der Waals surface area contributed by atoms with Crippen LogP contribution in [0.2, 0.25) is 0 Å². The minimum absolute atomic E-state index is 0.129. The molecule has 5 heteroatoms. The lowest BCUT2D eigenvalue weighted by molar-refractivity contribution is -0.124. The van der Waals surface area contributed by atoms with Gasteiger partial charge in [-0.15, -0.1) is 0 Å². The minimum Gasteiger partial charge on any atom is -0.335 e. The molecule has 24 heavy (non-hydrogen) atoms. The van der Waals surface area contributed by atoms with Gasteiger partial charge in [-0.25, -0.2) is 0 Å². The van der Waals surface area contributed by atoms with Gasteiger partial charge < -0.3 is 11.1 Å². The van der Waals surface area contributed by atoms with E-state index < -0.39 is 11.6 Å². The minimum atomic E-state index is -0.732. The number of nitrogens with two attached hydrogens (primary N) is 1. The summed E-state index contributed by atoms with van der Waals surface area (Å²) in [5, 5.41) is 12.7. The van der Waals surface area contributed by atoms with Crippen molar-refractivity contribution in [1.82, 2.24) is 10.2 Å². The normalized spacial score (nSPS) is 31.0. The first-order chi connectivity index (χ1) is 11.6. The maximum atomic E-state index is 12.6. The summed E-state index contributed by atoms with van der Waals surface area (Å²) in [5.41, 5.74) is 5.43. The van der Waals surface area contributed by atoms with Crippen LogP contribution in [-0.2, 0) is 4.79 Å². The lowest BCUT2D eigenvalue weighted by Gasteiger charge is -2.29. The third-order valence-corrected chi connectivity index (χ3v) is 6.37. The van der Waals surface area contributed by atoms with E-state index in [0.717, 1.165) is 19.4 Å². The quantitative estimate of drug-likeness (QED) is 0.809. The van der Waals surface area contributed by atoms with Crippen LogP contribution in [-0.4, -0.2) is 41.5 Å². The molecule has 2 saturated carbocycles. The van der Waals surface area contributed by atoms with Crippen LogP contribution in [0.3, 0.4) is 0 Å². The second kappa shape index (κ2) is 7.84. The van der Waals surface area contributed by atoms with E-state index in [-0.39, 0.29) is 5.91 Å². The van der Waals surface area contributed by atoms with Crippen LogP contribution >= 0.6 is 0 Å². The molecule has 2 atom stereocenters. The molecule has 0 bridgehead atoms. The van der Waals surface area contributed by atoms with Crippen molar-refractivity contribution in [2.24, 2.45) is 11.7 Å². The van der Waals surface area contributed by atoms with Gasteiger partial charge in [-0.2, -0.15) is 5.26 Å². The Morgan fingerprint density at radius 3 is 2.54 bits per heavy atom. The molecular weight excluding hydrogens is 300 g/mol. The van der Waals surface area contributed by atoms with Gasteiger partial charge in [0.2, 0.25) is 5.91 Å². The van der Waals surface area contributed by atoms with Crippen LogP contribution in [0.25, 0.3) is 0 Å². The number of nitrogens with one attached hydrogen (secondary N) is 1. The molecule has 0 radical (unpaired) electrons. The summed E-state index contributed by atoms with van der Waals surface area (Å²) in [4.78, 5) is 15.0. The van der Waals surface area contributed by atoms with Gasteiger partial charge >= 0.3 is 0 Å². The highest BCUT2D eigenvalue weighted by Crippen LogP contribution is 2.31. The predicted octanol–water partition coefficient (Wildman–Crippen LogP) is 2.31. The van der Waals surface area contributed by atoms with Gasteiger partial charge in [0.05, 0.1) is 12.1 Å². The van der Waals surface area contributed by atoms with Crippen molar-refractivity contribution in [2.45, 2.75) is 88.3 Å². The Labute approximate surface area is 145 Å². The first-order valence-electron chi connectivity index (χ1n) is 9.85. The largest absolute Gasteiger partial charge is 0.335 e. The lowest BCUT2D eigenvalue weighted by atomic mass is 9.84. The Kier molecular flexibility index (Phi) is 5.78. The van der Waals surface area contributed by atoms with Gasteiger partial charge in [0.1, 0.15) is 5.54 Å². The zero-order chi connectivity index (χ0) is 17.0. The summed E-state index contributed by atoms with van der Waals surface area (Å²) in [6.45, 7) is 1.58. The average Bonchev–Trinajstić information content (AvgIpc) is 3.25. The molecule has 1 aliphatic heterocycles. The second-order valence-electron chi connectivity index (χ2n) is 8.19. The van der Waals surface area contributed by atoms with E-state index in [1.807, 2.05) is 0 Å². The van der Waals surface area contributed by atoms with Crippen LogP contribution in [0.4, 0.5) is 0 Å². The number of nitrogens with zero attached hydrogens (tertiary/aromatic N) is 2. The SMILES string of the molecule is N#CC1(NC(=O)C(N)CC2CCCCC2)CCN(C2CCCC2)C1. The zero-order valence-corrected chi connectivity index (χ0v) is 14.8. The molecule has 2 aliphatic carbocycles. The molecule has 3 fully saturated rings. The number of hydrogen-bond donors (Lipinski definition) is 2. The van der Waals surface area contributed by atoms with Crippen LogP contribution in [0, 0.1) is 17.2 Å². The van der Waals surface area contributed by atoms with Crippen LogP contribution in [0.5, 0.6) is 0 Å². The molecule has 0 aromatic heterocycles. The number of carbonyl (C=O) groups excluding carboxylic acids is 1. The monoisotopic (exact) mass is 332 g/mol. The molecular formula is C19H32N4O. The fourth-order valence-electron chi connectivity index (χ4n) is 4.86. The molecule has 0 aromatic carbocycles. The lowest BCUT2D eigenvalue weighted by Crippen LogP contribution is -2.55. The maximum absolute atomic E-state index is 12.6. The highest BCUT2D eigenvalue weighted by molar-refractivity contribution is 5.82. The van der Waals surface area contributed by atoms with Gasteiger partial charge in [-0.05, 0) is 31.6 Å². The molecule has 1 amide bonds. The summed E-state index contributed by atoms with van der Waals surface area (Å²) in [5.74, 6) is 0.450. The summed E-state index contributed by atoms with van der Waals surface area (Å²) in [6, 6.07) is 2.52. The van der Waals surface area contributed by atoms with E-state index in [9.17, 15) is 10.1 Å². The number of amides is 1. The molecule has 5 nitrogen and oxygen atoms in total. The van der Waals surface area contributed by atoms with Crippen molar-refractivity contribution in [2.75, 3.05) is 13.1 Å². The maximum Gasteiger partial charge on any atom is 0.238 e. The fraction of sp³-hybridized carbons (Fsp3) is 0.895. The van der Waals surface area contributed by atoms with E-state index in [0.29, 0.717) is 18.5 Å². The van der Waals surface area contributed by atoms with Gasteiger partial charge in [0, 0.05) is 19.1 Å². The zero-order valence-electron chi connectivity index (χ0n) is 14.8. The van der Waals surface area contributed by atoms with Gasteiger partial charge in [0.15, 0.2) is 0 Å². The van der Waals surface area contributed by atoms with E-state index in [1.54, 1.807) is 0 Å². The molecule has 0 aromatic rings. The van der Waals surface area contributed by atoms with Gasteiger partial charge in [0.25, 0.3) is 0 Å². The first-order valence-corrected chi connectivity index (χ1v) is 9.85. The summed E-state index contributed by atoms with van der Waals surface area (Å²) in [7, 11) is 0. The Hall–Kier alpha value is -1.12. The van der Waals surface area contributed by atoms with Crippen molar-refractivity contribution in [3.05, 3.63) is 0 Å². The fourth-order valence-corrected chi connectivity index (χ4v) is 4.86. The number of likely N-dealkylation sites (tertiary alicyclic amines) is 1. The van der Waals surface area contributed by atoms with Gasteiger partial charge in [-0.3, -0.25) is 9.69 Å². The van der Waals surface area contributed by atoms with Crippen molar-refractivity contribution >= 4 is 5.91 Å². The molecule has 1 heterocycles. The number of carbonyl (C=O) groups is 1. The average molecular weight is 332 g/mol. The molecule has 3 aliphatic rings. The summed E-state index contributed by atoms with van der Waals surface area (Å²) in [6.07, 6.45) is 12.8. The Balaban J connectivity index is 1.52. The molecule has 0 spiro atoms. The molecule has 3 rings (SSSR count). The van der Waals surface area contributed by atoms with E-state index in [4.69, 9.17) is 5.73 Å².